The molecule has 0 bridgehead atoms. The molecule has 1 N–H and O–H groups in total. The minimum Gasteiger partial charge on any atom is -0.481 e. The zero-order valence-electron chi connectivity index (χ0n) is 11.4. The average molecular weight is 258 g/mol. The van der Waals surface area contributed by atoms with E-state index in [1.807, 2.05) is 49.5 Å². The van der Waals surface area contributed by atoms with E-state index in [1.165, 1.54) is 0 Å². The van der Waals surface area contributed by atoms with E-state index in [2.05, 4.69) is 15.3 Å². The largest absolute Gasteiger partial charge is 0.481 e. The van der Waals surface area contributed by atoms with E-state index in [9.17, 15) is 0 Å². The van der Waals surface area contributed by atoms with Crippen molar-refractivity contribution in [3.63, 3.8) is 0 Å². The van der Waals surface area contributed by atoms with Crippen LogP contribution >= 0.6 is 0 Å². The number of hydrogen-bond acceptors (Lipinski definition) is 5. The smallest absolute Gasteiger partial charge is 0.212 e. The molecule has 5 heteroatoms. The highest BCUT2D eigenvalue weighted by molar-refractivity contribution is 5.48. The third-order valence-corrected chi connectivity index (χ3v) is 2.71. The molecule has 2 heterocycles. The number of rotatable bonds is 5. The highest BCUT2D eigenvalue weighted by Gasteiger charge is 1.99. The van der Waals surface area contributed by atoms with Gasteiger partial charge in [0, 0.05) is 32.9 Å². The van der Waals surface area contributed by atoms with Crippen LogP contribution in [-0.4, -0.2) is 31.2 Å². The summed E-state index contributed by atoms with van der Waals surface area (Å²) in [4.78, 5) is 10.5. The molecule has 0 saturated heterocycles. The van der Waals surface area contributed by atoms with Gasteiger partial charge in [-0.25, -0.2) is 9.97 Å². The van der Waals surface area contributed by atoms with Crippen molar-refractivity contribution in [3.05, 3.63) is 42.2 Å². The van der Waals surface area contributed by atoms with Gasteiger partial charge in [-0.05, 0) is 17.7 Å². The molecule has 19 heavy (non-hydrogen) atoms. The Morgan fingerprint density at radius 1 is 1.11 bits per heavy atom. The van der Waals surface area contributed by atoms with Crippen LogP contribution in [-0.2, 0) is 6.54 Å². The van der Waals surface area contributed by atoms with Crippen LogP contribution in [0.25, 0.3) is 0 Å². The van der Waals surface area contributed by atoms with E-state index in [0.717, 1.165) is 17.1 Å². The second-order valence-corrected chi connectivity index (χ2v) is 4.36. The molecule has 0 aliphatic heterocycles. The third kappa shape index (κ3) is 3.58. The molecule has 2 aromatic rings. The molecule has 2 aromatic heterocycles. The maximum absolute atomic E-state index is 5.02. The van der Waals surface area contributed by atoms with E-state index in [1.54, 1.807) is 13.3 Å². The van der Waals surface area contributed by atoms with Crippen LogP contribution in [0.15, 0.2) is 36.7 Å². The van der Waals surface area contributed by atoms with Crippen LogP contribution in [0.1, 0.15) is 5.56 Å². The van der Waals surface area contributed by atoms with E-state index in [4.69, 9.17) is 4.74 Å². The van der Waals surface area contributed by atoms with Crippen molar-refractivity contribution in [2.24, 2.45) is 0 Å². The number of anilines is 2. The number of aromatic nitrogens is 2. The number of pyridine rings is 2. The minimum absolute atomic E-state index is 0.626. The number of nitrogens with zero attached hydrogens (tertiary/aromatic N) is 3. The summed E-state index contributed by atoms with van der Waals surface area (Å²) in [6, 6.07) is 7.83. The molecular weight excluding hydrogens is 240 g/mol. The Morgan fingerprint density at radius 2 is 1.95 bits per heavy atom. The fourth-order valence-electron chi connectivity index (χ4n) is 1.60. The Morgan fingerprint density at radius 3 is 2.47 bits per heavy atom. The first-order valence-electron chi connectivity index (χ1n) is 6.05. The lowest BCUT2D eigenvalue weighted by atomic mass is 10.3. The zero-order chi connectivity index (χ0) is 13.7. The molecule has 0 unspecified atom stereocenters. The van der Waals surface area contributed by atoms with Crippen molar-refractivity contribution < 1.29 is 4.74 Å². The van der Waals surface area contributed by atoms with E-state index >= 15 is 0 Å². The highest BCUT2D eigenvalue weighted by atomic mass is 16.5. The Hall–Kier alpha value is -2.30. The molecule has 0 fully saturated rings. The molecule has 0 saturated carbocycles. The summed E-state index contributed by atoms with van der Waals surface area (Å²) in [5, 5.41) is 3.30. The monoisotopic (exact) mass is 258 g/mol. The normalized spacial score (nSPS) is 10.1. The van der Waals surface area contributed by atoms with Crippen LogP contribution in [0.3, 0.4) is 0 Å². The first-order chi connectivity index (χ1) is 9.19. The van der Waals surface area contributed by atoms with Gasteiger partial charge in [-0.15, -0.1) is 0 Å². The molecule has 5 nitrogen and oxygen atoms in total. The summed E-state index contributed by atoms with van der Waals surface area (Å²) < 4.78 is 5.02. The predicted octanol–water partition coefficient (Wildman–Crippen LogP) is 2.16. The van der Waals surface area contributed by atoms with Crippen LogP contribution in [0, 0.1) is 0 Å². The average Bonchev–Trinajstić information content (AvgIpc) is 2.46. The minimum atomic E-state index is 0.626. The molecule has 0 aromatic carbocycles. The van der Waals surface area contributed by atoms with Crippen molar-refractivity contribution in [1.82, 2.24) is 9.97 Å². The van der Waals surface area contributed by atoms with Crippen molar-refractivity contribution >= 4 is 11.5 Å². The summed E-state index contributed by atoms with van der Waals surface area (Å²) in [7, 11) is 5.55. The summed E-state index contributed by atoms with van der Waals surface area (Å²) in [5.41, 5.74) is 2.08. The van der Waals surface area contributed by atoms with Crippen LogP contribution in [0.5, 0.6) is 5.88 Å². The predicted molar refractivity (Wildman–Crippen MR) is 76.7 cm³/mol. The van der Waals surface area contributed by atoms with Crippen molar-refractivity contribution in [2.75, 3.05) is 31.4 Å². The lowest BCUT2D eigenvalue weighted by Crippen LogP contribution is -2.10. The molecule has 100 valence electrons. The van der Waals surface area contributed by atoms with Crippen LogP contribution in [0.2, 0.25) is 0 Å². The van der Waals surface area contributed by atoms with Gasteiger partial charge in [0.25, 0.3) is 0 Å². The van der Waals surface area contributed by atoms with Crippen LogP contribution < -0.4 is 15.0 Å². The Kier molecular flexibility index (Phi) is 4.18. The van der Waals surface area contributed by atoms with Gasteiger partial charge in [-0.3, -0.25) is 0 Å². The number of hydrogen-bond donors (Lipinski definition) is 1. The van der Waals surface area contributed by atoms with Gasteiger partial charge in [0.05, 0.1) is 19.0 Å². The van der Waals surface area contributed by atoms with E-state index in [0.29, 0.717) is 12.4 Å². The molecule has 0 atom stereocenters. The number of nitrogens with one attached hydrogen (secondary N) is 1. The second kappa shape index (κ2) is 6.04. The van der Waals surface area contributed by atoms with E-state index < -0.39 is 0 Å². The van der Waals surface area contributed by atoms with Gasteiger partial charge < -0.3 is 15.0 Å². The maximum atomic E-state index is 5.02. The highest BCUT2D eigenvalue weighted by Crippen LogP contribution is 2.13. The molecule has 2 rings (SSSR count). The quantitative estimate of drug-likeness (QED) is 0.890. The first kappa shape index (κ1) is 13.1. The van der Waals surface area contributed by atoms with Gasteiger partial charge in [-0.2, -0.15) is 0 Å². The maximum Gasteiger partial charge on any atom is 0.212 e. The lowest BCUT2D eigenvalue weighted by molar-refractivity contribution is 0.397. The van der Waals surface area contributed by atoms with Gasteiger partial charge in [-0.1, -0.05) is 6.07 Å². The van der Waals surface area contributed by atoms with Gasteiger partial charge in [0.2, 0.25) is 5.88 Å². The molecule has 0 spiro atoms. The van der Waals surface area contributed by atoms with Crippen LogP contribution in [0.4, 0.5) is 11.5 Å². The standard InChI is InChI=1S/C14H18N4O/c1-18(2)13-6-5-12(10-16-13)15-8-11-4-7-14(19-3)17-9-11/h4-7,9-10,15H,8H2,1-3H3. The Bertz CT molecular complexity index is 508. The fourth-order valence-corrected chi connectivity index (χ4v) is 1.60. The SMILES string of the molecule is COc1ccc(CNc2ccc(N(C)C)nc2)cn1. The second-order valence-electron chi connectivity index (χ2n) is 4.36. The van der Waals surface area contributed by atoms with Crippen molar-refractivity contribution in [1.29, 1.82) is 0 Å². The summed E-state index contributed by atoms with van der Waals surface area (Å²) in [5.74, 6) is 1.57. The molecule has 0 amide bonds. The van der Waals surface area contributed by atoms with Gasteiger partial charge in [0.15, 0.2) is 0 Å². The fraction of sp³-hybridized carbons (Fsp3) is 0.286. The van der Waals surface area contributed by atoms with E-state index in [-0.39, 0.29) is 0 Å². The lowest BCUT2D eigenvalue weighted by Gasteiger charge is -2.12. The van der Waals surface area contributed by atoms with Gasteiger partial charge in [0.1, 0.15) is 5.82 Å². The number of ether oxygens (including phenoxy) is 1. The van der Waals surface area contributed by atoms with Crippen molar-refractivity contribution in [2.45, 2.75) is 6.54 Å². The number of methoxy groups -OCH3 is 1. The van der Waals surface area contributed by atoms with Gasteiger partial charge >= 0.3 is 0 Å². The molecule has 0 aliphatic rings. The van der Waals surface area contributed by atoms with Crippen molar-refractivity contribution in [3.8, 4) is 5.88 Å². The third-order valence-electron chi connectivity index (χ3n) is 2.71. The molecule has 0 aliphatic carbocycles. The zero-order valence-corrected chi connectivity index (χ0v) is 11.4. The summed E-state index contributed by atoms with van der Waals surface area (Å²) >= 11 is 0. The summed E-state index contributed by atoms with van der Waals surface area (Å²) in [6.07, 6.45) is 3.62. The Labute approximate surface area is 113 Å². The molecular formula is C14H18N4O. The molecule has 0 radical (unpaired) electrons. The summed E-state index contributed by atoms with van der Waals surface area (Å²) in [6.45, 7) is 0.708. The first-order valence-corrected chi connectivity index (χ1v) is 6.05. The Balaban J connectivity index is 1.94. The topological polar surface area (TPSA) is 50.3 Å².